The van der Waals surface area contributed by atoms with E-state index in [1.807, 2.05) is 18.2 Å². The SMILES string of the molecule is CN1CCN(c2[c]cccc2Cl)CC1. The molecule has 0 amide bonds. The van der Waals surface area contributed by atoms with Gasteiger partial charge in [-0.1, -0.05) is 23.7 Å². The molecule has 0 spiro atoms. The molecule has 1 fully saturated rings. The highest BCUT2D eigenvalue weighted by Crippen LogP contribution is 2.25. The fourth-order valence-electron chi connectivity index (χ4n) is 1.68. The Kier molecular flexibility index (Phi) is 2.94. The number of likely N-dealkylation sites (N-methyl/N-ethyl adjacent to an activating group) is 1. The largest absolute Gasteiger partial charge is 0.367 e. The van der Waals surface area contributed by atoms with E-state index in [0.29, 0.717) is 0 Å². The van der Waals surface area contributed by atoms with Crippen LogP contribution in [0.15, 0.2) is 18.2 Å². The van der Waals surface area contributed by atoms with Crippen LogP contribution in [0.3, 0.4) is 0 Å². The highest BCUT2D eigenvalue weighted by molar-refractivity contribution is 6.33. The highest BCUT2D eigenvalue weighted by atomic mass is 35.5. The maximum atomic E-state index is 6.11. The molecule has 1 radical (unpaired) electrons. The smallest absolute Gasteiger partial charge is 0.0646 e. The van der Waals surface area contributed by atoms with Crippen molar-refractivity contribution in [2.24, 2.45) is 0 Å². The summed E-state index contributed by atoms with van der Waals surface area (Å²) < 4.78 is 0. The van der Waals surface area contributed by atoms with Gasteiger partial charge in [-0.25, -0.2) is 0 Å². The van der Waals surface area contributed by atoms with Crippen molar-refractivity contribution in [2.45, 2.75) is 0 Å². The number of nitrogens with zero attached hydrogens (tertiary/aromatic N) is 2. The molecule has 3 heteroatoms. The summed E-state index contributed by atoms with van der Waals surface area (Å²) in [5.74, 6) is 0. The van der Waals surface area contributed by atoms with E-state index in [2.05, 4.69) is 22.9 Å². The number of hydrogen-bond donors (Lipinski definition) is 0. The Balaban J connectivity index is 2.12. The molecule has 0 saturated carbocycles. The minimum atomic E-state index is 0.803. The minimum absolute atomic E-state index is 0.803. The normalized spacial score (nSPS) is 18.6. The second-order valence-corrected chi connectivity index (χ2v) is 4.06. The average molecular weight is 210 g/mol. The van der Waals surface area contributed by atoms with Crippen LogP contribution in [0.5, 0.6) is 0 Å². The van der Waals surface area contributed by atoms with E-state index in [0.717, 1.165) is 36.9 Å². The molecule has 1 aromatic rings. The van der Waals surface area contributed by atoms with Gasteiger partial charge in [-0.05, 0) is 13.1 Å². The summed E-state index contributed by atoms with van der Waals surface area (Å²) in [6.45, 7) is 4.27. The Morgan fingerprint density at radius 3 is 2.64 bits per heavy atom. The predicted molar refractivity (Wildman–Crippen MR) is 60.0 cm³/mol. The van der Waals surface area contributed by atoms with E-state index in [1.165, 1.54) is 0 Å². The first-order chi connectivity index (χ1) is 6.77. The first kappa shape index (κ1) is 9.81. The first-order valence-electron chi connectivity index (χ1n) is 4.87. The minimum Gasteiger partial charge on any atom is -0.367 e. The van der Waals surface area contributed by atoms with Gasteiger partial charge in [0, 0.05) is 32.2 Å². The van der Waals surface area contributed by atoms with Gasteiger partial charge in [0.25, 0.3) is 0 Å². The fraction of sp³-hybridized carbons (Fsp3) is 0.455. The van der Waals surface area contributed by atoms with E-state index < -0.39 is 0 Å². The molecule has 2 nitrogen and oxygen atoms in total. The van der Waals surface area contributed by atoms with Crippen LogP contribution < -0.4 is 4.90 Å². The third kappa shape index (κ3) is 2.02. The molecule has 1 aliphatic heterocycles. The number of halogens is 1. The number of anilines is 1. The van der Waals surface area contributed by atoms with Gasteiger partial charge >= 0.3 is 0 Å². The Morgan fingerprint density at radius 1 is 1.29 bits per heavy atom. The summed E-state index contributed by atoms with van der Waals surface area (Å²) >= 11 is 6.11. The molecule has 2 rings (SSSR count). The molecule has 1 heterocycles. The van der Waals surface area contributed by atoms with Gasteiger partial charge in [-0.15, -0.1) is 0 Å². The van der Waals surface area contributed by atoms with Crippen molar-refractivity contribution in [2.75, 3.05) is 38.1 Å². The van der Waals surface area contributed by atoms with Gasteiger partial charge < -0.3 is 9.80 Å². The van der Waals surface area contributed by atoms with Gasteiger partial charge in [0.15, 0.2) is 0 Å². The Labute approximate surface area is 90.1 Å². The quantitative estimate of drug-likeness (QED) is 0.697. The molecule has 75 valence electrons. The van der Waals surface area contributed by atoms with Gasteiger partial charge in [0.05, 0.1) is 10.7 Å². The van der Waals surface area contributed by atoms with E-state index in [-0.39, 0.29) is 0 Å². The van der Waals surface area contributed by atoms with E-state index in [4.69, 9.17) is 11.6 Å². The predicted octanol–water partition coefficient (Wildman–Crippen LogP) is 1.89. The molecule has 0 N–H and O–H groups in total. The van der Waals surface area contributed by atoms with Crippen LogP contribution in [0.2, 0.25) is 5.02 Å². The lowest BCUT2D eigenvalue weighted by molar-refractivity contribution is 0.313. The first-order valence-corrected chi connectivity index (χ1v) is 5.25. The lowest BCUT2D eigenvalue weighted by Gasteiger charge is -2.34. The van der Waals surface area contributed by atoms with Crippen molar-refractivity contribution in [1.82, 2.24) is 4.90 Å². The second kappa shape index (κ2) is 4.20. The second-order valence-electron chi connectivity index (χ2n) is 3.66. The third-order valence-electron chi connectivity index (χ3n) is 2.60. The Bertz CT molecular complexity index is 306. The molecule has 0 unspecified atom stereocenters. The third-order valence-corrected chi connectivity index (χ3v) is 2.91. The number of hydrogen-bond acceptors (Lipinski definition) is 2. The maximum Gasteiger partial charge on any atom is 0.0646 e. The van der Waals surface area contributed by atoms with Gasteiger partial charge in [0.2, 0.25) is 0 Å². The summed E-state index contributed by atoms with van der Waals surface area (Å²) in [5, 5.41) is 0.803. The summed E-state index contributed by atoms with van der Waals surface area (Å²) in [4.78, 5) is 4.62. The van der Waals surface area contributed by atoms with Gasteiger partial charge in [-0.3, -0.25) is 0 Å². The molecule has 0 aromatic heterocycles. The zero-order valence-electron chi connectivity index (χ0n) is 8.33. The number of para-hydroxylation sites is 1. The van der Waals surface area contributed by atoms with Gasteiger partial charge in [0.1, 0.15) is 0 Å². The summed E-state index contributed by atoms with van der Waals surface area (Å²) in [6.07, 6.45) is 0. The zero-order valence-corrected chi connectivity index (χ0v) is 9.09. The lowest BCUT2D eigenvalue weighted by atomic mass is 10.2. The summed E-state index contributed by atoms with van der Waals surface area (Å²) in [6, 6.07) is 8.95. The maximum absolute atomic E-state index is 6.11. The Hall–Kier alpha value is -0.730. The van der Waals surface area contributed by atoms with Gasteiger partial charge in [-0.2, -0.15) is 0 Å². The molecule has 1 aromatic carbocycles. The van der Waals surface area contributed by atoms with E-state index >= 15 is 0 Å². The van der Waals surface area contributed by atoms with Crippen molar-refractivity contribution >= 4 is 17.3 Å². The molecule has 0 bridgehead atoms. The van der Waals surface area contributed by atoms with Crippen LogP contribution in [0, 0.1) is 6.07 Å². The zero-order chi connectivity index (χ0) is 9.97. The number of rotatable bonds is 1. The molecule has 0 aliphatic carbocycles. The van der Waals surface area contributed by atoms with Crippen LogP contribution in [-0.4, -0.2) is 38.1 Å². The average Bonchev–Trinajstić information content (AvgIpc) is 2.20. The fourth-order valence-corrected chi connectivity index (χ4v) is 1.93. The molecular weight excluding hydrogens is 196 g/mol. The van der Waals surface area contributed by atoms with Crippen molar-refractivity contribution in [3.63, 3.8) is 0 Å². The molecule has 14 heavy (non-hydrogen) atoms. The number of piperazine rings is 1. The summed E-state index contributed by atoms with van der Waals surface area (Å²) in [5.41, 5.74) is 1.04. The van der Waals surface area contributed by atoms with E-state index in [1.54, 1.807) is 0 Å². The van der Waals surface area contributed by atoms with Crippen LogP contribution in [-0.2, 0) is 0 Å². The topological polar surface area (TPSA) is 6.48 Å². The van der Waals surface area contributed by atoms with Crippen molar-refractivity contribution in [3.05, 3.63) is 29.3 Å². The van der Waals surface area contributed by atoms with Crippen molar-refractivity contribution < 1.29 is 0 Å². The Morgan fingerprint density at radius 2 is 2.00 bits per heavy atom. The lowest BCUT2D eigenvalue weighted by Crippen LogP contribution is -2.44. The standard InChI is InChI=1S/C11H14ClN2/c1-13-6-8-14(9-7-13)11-5-3-2-4-10(11)12/h2-4H,6-9H2,1H3. The molecule has 0 atom stereocenters. The van der Waals surface area contributed by atoms with Crippen molar-refractivity contribution in [3.8, 4) is 0 Å². The molecule has 1 saturated heterocycles. The number of benzene rings is 1. The summed E-state index contributed by atoms with van der Waals surface area (Å²) in [7, 11) is 2.15. The van der Waals surface area contributed by atoms with Crippen LogP contribution in [0.4, 0.5) is 5.69 Å². The van der Waals surface area contributed by atoms with E-state index in [9.17, 15) is 0 Å². The highest BCUT2D eigenvalue weighted by Gasteiger charge is 2.15. The molecular formula is C11H14ClN2. The van der Waals surface area contributed by atoms with Crippen LogP contribution in [0.25, 0.3) is 0 Å². The monoisotopic (exact) mass is 209 g/mol. The van der Waals surface area contributed by atoms with Crippen molar-refractivity contribution in [1.29, 1.82) is 0 Å². The van der Waals surface area contributed by atoms with Crippen LogP contribution in [0.1, 0.15) is 0 Å². The molecule has 1 aliphatic rings. The van der Waals surface area contributed by atoms with Crippen LogP contribution >= 0.6 is 11.6 Å².